The van der Waals surface area contributed by atoms with Gasteiger partial charge in [0.2, 0.25) is 0 Å². The molecule has 4 nitrogen and oxygen atoms in total. The first kappa shape index (κ1) is 10.3. The van der Waals surface area contributed by atoms with Crippen molar-refractivity contribution in [3.8, 4) is 0 Å². The molecule has 1 saturated heterocycles. The van der Waals surface area contributed by atoms with Gasteiger partial charge in [0.15, 0.2) is 6.23 Å². The van der Waals surface area contributed by atoms with Crippen LogP contribution in [-0.4, -0.2) is 36.5 Å². The van der Waals surface area contributed by atoms with E-state index in [-0.39, 0.29) is 18.4 Å². The molecule has 2 unspecified atom stereocenters. The topological polar surface area (TPSA) is 38.8 Å². The second-order valence-corrected chi connectivity index (χ2v) is 2.96. The standard InChI is InChI=1S/C9H17NO3/c1-4-7-8(12-6-3)10(5-2)9(11)13-7/h7-8H,4-6H2,1-3H3. The van der Waals surface area contributed by atoms with Crippen LogP contribution >= 0.6 is 0 Å². The van der Waals surface area contributed by atoms with Gasteiger partial charge in [0, 0.05) is 13.2 Å². The summed E-state index contributed by atoms with van der Waals surface area (Å²) in [6.45, 7) is 7.08. The molecular formula is C9H17NO3. The Bertz CT molecular complexity index is 184. The summed E-state index contributed by atoms with van der Waals surface area (Å²) in [4.78, 5) is 12.9. The molecule has 76 valence electrons. The van der Waals surface area contributed by atoms with Gasteiger partial charge in [-0.25, -0.2) is 4.79 Å². The lowest BCUT2D eigenvalue weighted by Crippen LogP contribution is -2.38. The van der Waals surface area contributed by atoms with E-state index in [1.54, 1.807) is 4.90 Å². The second kappa shape index (κ2) is 4.46. The van der Waals surface area contributed by atoms with E-state index in [4.69, 9.17) is 9.47 Å². The van der Waals surface area contributed by atoms with Gasteiger partial charge in [-0.3, -0.25) is 4.90 Å². The van der Waals surface area contributed by atoms with E-state index in [0.29, 0.717) is 13.2 Å². The summed E-state index contributed by atoms with van der Waals surface area (Å²) in [6.07, 6.45) is 0.250. The smallest absolute Gasteiger partial charge is 0.412 e. The molecule has 0 saturated carbocycles. The normalized spacial score (nSPS) is 27.9. The first-order valence-electron chi connectivity index (χ1n) is 4.83. The van der Waals surface area contributed by atoms with Gasteiger partial charge in [-0.05, 0) is 20.3 Å². The summed E-state index contributed by atoms with van der Waals surface area (Å²) in [5.74, 6) is 0. The van der Waals surface area contributed by atoms with E-state index in [1.165, 1.54) is 0 Å². The van der Waals surface area contributed by atoms with Crippen molar-refractivity contribution >= 4 is 6.09 Å². The molecule has 0 radical (unpaired) electrons. The van der Waals surface area contributed by atoms with E-state index < -0.39 is 0 Å². The van der Waals surface area contributed by atoms with Gasteiger partial charge in [0.05, 0.1) is 0 Å². The lowest BCUT2D eigenvalue weighted by atomic mass is 10.2. The fraction of sp³-hybridized carbons (Fsp3) is 0.889. The molecule has 1 heterocycles. The summed E-state index contributed by atoms with van der Waals surface area (Å²) in [5.41, 5.74) is 0. The van der Waals surface area contributed by atoms with Crippen molar-refractivity contribution in [1.29, 1.82) is 0 Å². The molecule has 0 spiro atoms. The summed E-state index contributed by atoms with van der Waals surface area (Å²) in [5, 5.41) is 0. The number of likely N-dealkylation sites (N-methyl/N-ethyl adjacent to an activating group) is 1. The molecule has 0 N–H and O–H groups in total. The Hall–Kier alpha value is -0.770. The molecule has 4 heteroatoms. The van der Waals surface area contributed by atoms with Crippen LogP contribution in [0.2, 0.25) is 0 Å². The van der Waals surface area contributed by atoms with Crippen LogP contribution in [-0.2, 0) is 9.47 Å². The molecule has 2 atom stereocenters. The molecule has 0 aromatic heterocycles. The fourth-order valence-corrected chi connectivity index (χ4v) is 1.52. The largest absolute Gasteiger partial charge is 0.441 e. The zero-order chi connectivity index (χ0) is 9.84. The second-order valence-electron chi connectivity index (χ2n) is 2.96. The maximum absolute atomic E-state index is 11.3. The van der Waals surface area contributed by atoms with E-state index >= 15 is 0 Å². The highest BCUT2D eigenvalue weighted by Gasteiger charge is 2.40. The van der Waals surface area contributed by atoms with Crippen LogP contribution < -0.4 is 0 Å². The summed E-state index contributed by atoms with van der Waals surface area (Å²) >= 11 is 0. The number of cyclic esters (lactones) is 1. The number of carbonyl (C=O) groups is 1. The number of carbonyl (C=O) groups excluding carboxylic acids is 1. The minimum absolute atomic E-state index is 0.104. The quantitative estimate of drug-likeness (QED) is 0.671. The van der Waals surface area contributed by atoms with Crippen LogP contribution in [0, 0.1) is 0 Å². The molecule has 0 bridgehead atoms. The minimum Gasteiger partial charge on any atom is -0.441 e. The molecule has 13 heavy (non-hydrogen) atoms. The van der Waals surface area contributed by atoms with Gasteiger partial charge in [-0.15, -0.1) is 0 Å². The molecule has 1 rings (SSSR count). The molecular weight excluding hydrogens is 170 g/mol. The van der Waals surface area contributed by atoms with Crippen LogP contribution in [0.5, 0.6) is 0 Å². The van der Waals surface area contributed by atoms with Gasteiger partial charge >= 0.3 is 6.09 Å². The van der Waals surface area contributed by atoms with Crippen molar-refractivity contribution in [2.24, 2.45) is 0 Å². The van der Waals surface area contributed by atoms with Crippen molar-refractivity contribution in [1.82, 2.24) is 4.90 Å². The third-order valence-electron chi connectivity index (χ3n) is 2.19. The van der Waals surface area contributed by atoms with Crippen LogP contribution in [0.4, 0.5) is 4.79 Å². The maximum atomic E-state index is 11.3. The lowest BCUT2D eigenvalue weighted by Gasteiger charge is -2.22. The van der Waals surface area contributed by atoms with Gasteiger partial charge in [0.25, 0.3) is 0 Å². The van der Waals surface area contributed by atoms with Crippen LogP contribution in [0.15, 0.2) is 0 Å². The average Bonchev–Trinajstić information content (AvgIpc) is 2.43. The molecule has 1 aliphatic rings. The highest BCUT2D eigenvalue weighted by atomic mass is 16.6. The highest BCUT2D eigenvalue weighted by Crippen LogP contribution is 2.22. The summed E-state index contributed by atoms with van der Waals surface area (Å²) in [7, 11) is 0. The SMILES string of the molecule is CCOC1C(CC)OC(=O)N1CC. The first-order valence-corrected chi connectivity index (χ1v) is 4.83. The van der Waals surface area contributed by atoms with E-state index in [0.717, 1.165) is 6.42 Å². The van der Waals surface area contributed by atoms with Crippen molar-refractivity contribution in [2.45, 2.75) is 39.5 Å². The van der Waals surface area contributed by atoms with Gasteiger partial charge in [-0.2, -0.15) is 0 Å². The predicted octanol–water partition coefficient (Wildman–Crippen LogP) is 1.60. The van der Waals surface area contributed by atoms with Gasteiger partial charge in [0.1, 0.15) is 6.10 Å². The Morgan fingerprint density at radius 1 is 1.46 bits per heavy atom. The number of nitrogens with zero attached hydrogens (tertiary/aromatic N) is 1. The Labute approximate surface area is 78.8 Å². The number of rotatable bonds is 4. The van der Waals surface area contributed by atoms with Crippen molar-refractivity contribution in [3.63, 3.8) is 0 Å². The summed E-state index contributed by atoms with van der Waals surface area (Å²) < 4.78 is 10.6. The van der Waals surface area contributed by atoms with Gasteiger partial charge in [-0.1, -0.05) is 6.92 Å². The van der Waals surface area contributed by atoms with Crippen LogP contribution in [0.25, 0.3) is 0 Å². The van der Waals surface area contributed by atoms with Gasteiger partial charge < -0.3 is 9.47 Å². The zero-order valence-electron chi connectivity index (χ0n) is 8.45. The van der Waals surface area contributed by atoms with E-state index in [9.17, 15) is 4.79 Å². The lowest BCUT2D eigenvalue weighted by molar-refractivity contribution is -0.0457. The Kier molecular flexibility index (Phi) is 3.54. The summed E-state index contributed by atoms with van der Waals surface area (Å²) in [6, 6.07) is 0. The molecule has 1 fully saturated rings. The Morgan fingerprint density at radius 2 is 2.15 bits per heavy atom. The predicted molar refractivity (Wildman–Crippen MR) is 48.4 cm³/mol. The molecule has 0 aliphatic carbocycles. The van der Waals surface area contributed by atoms with Crippen molar-refractivity contribution in [2.75, 3.05) is 13.2 Å². The number of hydrogen-bond donors (Lipinski definition) is 0. The molecule has 0 aromatic rings. The van der Waals surface area contributed by atoms with E-state index in [2.05, 4.69) is 0 Å². The third kappa shape index (κ3) is 1.94. The van der Waals surface area contributed by atoms with Crippen molar-refractivity contribution in [3.05, 3.63) is 0 Å². The fourth-order valence-electron chi connectivity index (χ4n) is 1.52. The number of amides is 1. The highest BCUT2D eigenvalue weighted by molar-refractivity contribution is 5.70. The Balaban J connectivity index is 2.65. The van der Waals surface area contributed by atoms with Crippen LogP contribution in [0.3, 0.4) is 0 Å². The Morgan fingerprint density at radius 3 is 2.62 bits per heavy atom. The molecule has 1 aliphatic heterocycles. The zero-order valence-corrected chi connectivity index (χ0v) is 8.45. The number of ether oxygens (including phenoxy) is 2. The van der Waals surface area contributed by atoms with Crippen molar-refractivity contribution < 1.29 is 14.3 Å². The minimum atomic E-state index is -0.257. The third-order valence-corrected chi connectivity index (χ3v) is 2.19. The average molecular weight is 187 g/mol. The first-order chi connectivity index (χ1) is 6.24. The number of hydrogen-bond acceptors (Lipinski definition) is 3. The molecule has 1 amide bonds. The maximum Gasteiger partial charge on any atom is 0.412 e. The van der Waals surface area contributed by atoms with E-state index in [1.807, 2.05) is 20.8 Å². The monoisotopic (exact) mass is 187 g/mol. The molecule has 0 aromatic carbocycles. The van der Waals surface area contributed by atoms with Crippen LogP contribution in [0.1, 0.15) is 27.2 Å².